The van der Waals surface area contributed by atoms with Gasteiger partial charge in [0, 0.05) is 24.6 Å². The van der Waals surface area contributed by atoms with Crippen LogP contribution >= 0.6 is 0 Å². The number of nitro benzene ring substituents is 1. The van der Waals surface area contributed by atoms with Crippen LogP contribution in [-0.2, 0) is 17.6 Å². The van der Waals surface area contributed by atoms with Gasteiger partial charge in [0.05, 0.1) is 17.6 Å². The molecule has 1 aromatic carbocycles. The SMILES string of the molecule is C[C@@H](Cc1ccco1)NC(=O)Cc1ccc([N+](=O)[O-])cc1. The molecular formula is C15H16N2O4. The first-order valence-electron chi connectivity index (χ1n) is 6.59. The molecule has 0 unspecified atom stereocenters. The average Bonchev–Trinajstić information content (AvgIpc) is 2.91. The summed E-state index contributed by atoms with van der Waals surface area (Å²) in [7, 11) is 0. The topological polar surface area (TPSA) is 85.4 Å². The Bertz CT molecular complexity index is 605. The van der Waals surface area contributed by atoms with Crippen molar-refractivity contribution in [2.45, 2.75) is 25.8 Å². The number of nitrogens with one attached hydrogen (secondary N) is 1. The molecule has 6 nitrogen and oxygen atoms in total. The molecule has 1 heterocycles. The van der Waals surface area contributed by atoms with Gasteiger partial charge < -0.3 is 9.73 Å². The molecule has 0 bridgehead atoms. The van der Waals surface area contributed by atoms with Gasteiger partial charge >= 0.3 is 0 Å². The largest absolute Gasteiger partial charge is 0.469 e. The Morgan fingerprint density at radius 2 is 2.05 bits per heavy atom. The molecule has 2 aromatic rings. The second-order valence-corrected chi connectivity index (χ2v) is 4.85. The number of hydrogen-bond acceptors (Lipinski definition) is 4. The van der Waals surface area contributed by atoms with Gasteiger partial charge in [0.1, 0.15) is 5.76 Å². The van der Waals surface area contributed by atoms with Crippen molar-refractivity contribution < 1.29 is 14.1 Å². The lowest BCUT2D eigenvalue weighted by molar-refractivity contribution is -0.384. The number of nitrogens with zero attached hydrogens (tertiary/aromatic N) is 1. The van der Waals surface area contributed by atoms with Crippen LogP contribution in [0, 0.1) is 10.1 Å². The van der Waals surface area contributed by atoms with Crippen molar-refractivity contribution in [3.8, 4) is 0 Å². The molecule has 1 aromatic heterocycles. The van der Waals surface area contributed by atoms with Crippen molar-refractivity contribution in [3.05, 3.63) is 64.1 Å². The molecule has 0 aliphatic carbocycles. The third-order valence-electron chi connectivity index (χ3n) is 3.01. The molecule has 0 saturated carbocycles. The Kier molecular flexibility index (Phi) is 4.71. The smallest absolute Gasteiger partial charge is 0.269 e. The maximum atomic E-state index is 11.9. The number of carbonyl (C=O) groups is 1. The van der Waals surface area contributed by atoms with Crippen molar-refractivity contribution in [1.29, 1.82) is 0 Å². The molecule has 1 amide bonds. The molecule has 0 spiro atoms. The quantitative estimate of drug-likeness (QED) is 0.653. The van der Waals surface area contributed by atoms with Crippen LogP contribution in [0.5, 0.6) is 0 Å². The summed E-state index contributed by atoms with van der Waals surface area (Å²) in [6.07, 6.45) is 2.42. The highest BCUT2D eigenvalue weighted by Crippen LogP contribution is 2.12. The minimum Gasteiger partial charge on any atom is -0.469 e. The highest BCUT2D eigenvalue weighted by Gasteiger charge is 2.11. The Hall–Kier alpha value is -2.63. The highest BCUT2D eigenvalue weighted by molar-refractivity contribution is 5.78. The number of benzene rings is 1. The van der Waals surface area contributed by atoms with Gasteiger partial charge in [0.15, 0.2) is 0 Å². The number of nitro groups is 1. The Morgan fingerprint density at radius 1 is 1.33 bits per heavy atom. The number of hydrogen-bond donors (Lipinski definition) is 1. The second-order valence-electron chi connectivity index (χ2n) is 4.85. The summed E-state index contributed by atoms with van der Waals surface area (Å²) >= 11 is 0. The molecule has 110 valence electrons. The van der Waals surface area contributed by atoms with Crippen molar-refractivity contribution in [2.75, 3.05) is 0 Å². The van der Waals surface area contributed by atoms with E-state index in [1.165, 1.54) is 12.1 Å². The number of furan rings is 1. The predicted octanol–water partition coefficient (Wildman–Crippen LogP) is 2.48. The van der Waals surface area contributed by atoms with Gasteiger partial charge in [-0.15, -0.1) is 0 Å². The van der Waals surface area contributed by atoms with Gasteiger partial charge in [0.2, 0.25) is 5.91 Å². The van der Waals surface area contributed by atoms with Crippen molar-refractivity contribution in [1.82, 2.24) is 5.32 Å². The summed E-state index contributed by atoms with van der Waals surface area (Å²) in [5, 5.41) is 13.4. The molecule has 1 N–H and O–H groups in total. The van der Waals surface area contributed by atoms with E-state index < -0.39 is 4.92 Å². The van der Waals surface area contributed by atoms with E-state index in [9.17, 15) is 14.9 Å². The molecule has 0 aliphatic rings. The first-order valence-corrected chi connectivity index (χ1v) is 6.59. The minimum atomic E-state index is -0.463. The van der Waals surface area contributed by atoms with E-state index in [1.807, 2.05) is 13.0 Å². The maximum absolute atomic E-state index is 11.9. The first kappa shape index (κ1) is 14.8. The van der Waals surface area contributed by atoms with E-state index in [2.05, 4.69) is 5.32 Å². The monoisotopic (exact) mass is 288 g/mol. The van der Waals surface area contributed by atoms with Crippen LogP contribution < -0.4 is 5.32 Å². The van der Waals surface area contributed by atoms with Crippen molar-refractivity contribution >= 4 is 11.6 Å². The lowest BCUT2D eigenvalue weighted by atomic mass is 10.1. The van der Waals surface area contributed by atoms with E-state index in [-0.39, 0.29) is 24.1 Å². The molecule has 6 heteroatoms. The first-order chi connectivity index (χ1) is 10.0. The Labute approximate surface area is 121 Å². The van der Waals surface area contributed by atoms with Gasteiger partial charge in [0.25, 0.3) is 5.69 Å². The number of carbonyl (C=O) groups excluding carboxylic acids is 1. The summed E-state index contributed by atoms with van der Waals surface area (Å²) in [6, 6.07) is 9.61. The van der Waals surface area contributed by atoms with E-state index in [0.29, 0.717) is 6.42 Å². The predicted molar refractivity (Wildman–Crippen MR) is 76.8 cm³/mol. The molecule has 1 atom stereocenters. The van der Waals surface area contributed by atoms with Gasteiger partial charge in [-0.25, -0.2) is 0 Å². The fraction of sp³-hybridized carbons (Fsp3) is 0.267. The summed E-state index contributed by atoms with van der Waals surface area (Å²) in [6.45, 7) is 1.90. The summed E-state index contributed by atoms with van der Waals surface area (Å²) < 4.78 is 5.22. The molecule has 0 fully saturated rings. The highest BCUT2D eigenvalue weighted by atomic mass is 16.6. The number of non-ortho nitro benzene ring substituents is 1. The fourth-order valence-corrected chi connectivity index (χ4v) is 2.03. The van der Waals surface area contributed by atoms with E-state index in [1.54, 1.807) is 24.5 Å². The van der Waals surface area contributed by atoms with Crippen LogP contribution in [0.4, 0.5) is 5.69 Å². The third kappa shape index (κ3) is 4.45. The Balaban J connectivity index is 1.84. The molecule has 0 saturated heterocycles. The van der Waals surface area contributed by atoms with Gasteiger partial charge in [-0.3, -0.25) is 14.9 Å². The second kappa shape index (κ2) is 6.69. The van der Waals surface area contributed by atoms with Gasteiger partial charge in [-0.2, -0.15) is 0 Å². The summed E-state index contributed by atoms with van der Waals surface area (Å²) in [4.78, 5) is 22.0. The minimum absolute atomic E-state index is 0.0188. The lowest BCUT2D eigenvalue weighted by Gasteiger charge is -2.12. The van der Waals surface area contributed by atoms with Gasteiger partial charge in [-0.1, -0.05) is 12.1 Å². The van der Waals surface area contributed by atoms with E-state index >= 15 is 0 Å². The number of amides is 1. The van der Waals surface area contributed by atoms with Crippen molar-refractivity contribution in [2.24, 2.45) is 0 Å². The van der Waals surface area contributed by atoms with Crippen LogP contribution in [0.2, 0.25) is 0 Å². The van der Waals surface area contributed by atoms with Crippen LogP contribution in [0.1, 0.15) is 18.2 Å². The molecular weight excluding hydrogens is 272 g/mol. The molecule has 2 rings (SSSR count). The normalized spacial score (nSPS) is 11.9. The van der Waals surface area contributed by atoms with Crippen LogP contribution in [0.25, 0.3) is 0 Å². The van der Waals surface area contributed by atoms with E-state index in [4.69, 9.17) is 4.42 Å². The molecule has 21 heavy (non-hydrogen) atoms. The standard InChI is InChI=1S/C15H16N2O4/c1-11(9-14-3-2-8-21-14)16-15(18)10-12-4-6-13(7-5-12)17(19)20/h2-8,11H,9-10H2,1H3,(H,16,18)/t11-/m0/s1. The van der Waals surface area contributed by atoms with Gasteiger partial charge in [-0.05, 0) is 24.6 Å². The fourth-order valence-electron chi connectivity index (χ4n) is 2.03. The van der Waals surface area contributed by atoms with Crippen LogP contribution in [0.15, 0.2) is 47.1 Å². The zero-order valence-electron chi connectivity index (χ0n) is 11.6. The molecule has 0 radical (unpaired) electrons. The summed E-state index contributed by atoms with van der Waals surface area (Å²) in [5.74, 6) is 0.695. The maximum Gasteiger partial charge on any atom is 0.269 e. The van der Waals surface area contributed by atoms with Crippen LogP contribution in [-0.4, -0.2) is 16.9 Å². The number of rotatable bonds is 6. The lowest BCUT2D eigenvalue weighted by Crippen LogP contribution is -2.35. The van der Waals surface area contributed by atoms with E-state index in [0.717, 1.165) is 11.3 Å². The zero-order valence-corrected chi connectivity index (χ0v) is 11.6. The third-order valence-corrected chi connectivity index (χ3v) is 3.01. The Morgan fingerprint density at radius 3 is 2.62 bits per heavy atom. The summed E-state index contributed by atoms with van der Waals surface area (Å²) in [5.41, 5.74) is 0.758. The zero-order chi connectivity index (χ0) is 15.2. The van der Waals surface area contributed by atoms with Crippen molar-refractivity contribution in [3.63, 3.8) is 0 Å². The average molecular weight is 288 g/mol. The van der Waals surface area contributed by atoms with Crippen LogP contribution in [0.3, 0.4) is 0 Å². The molecule has 0 aliphatic heterocycles.